The van der Waals surface area contributed by atoms with Gasteiger partial charge >= 0.3 is 7.12 Å². The molecule has 0 aliphatic rings. The van der Waals surface area contributed by atoms with Gasteiger partial charge in [0.05, 0.1) is 33.1 Å². The molecule has 0 saturated carbocycles. The van der Waals surface area contributed by atoms with Gasteiger partial charge in [-0.1, -0.05) is 36.4 Å². The molecule has 0 aliphatic heterocycles. The Morgan fingerprint density at radius 2 is 1.42 bits per heavy atom. The number of rotatable bonds is 2. The number of benzene rings is 3. The van der Waals surface area contributed by atoms with E-state index in [-0.39, 0.29) is 0 Å². The molecular formula is C19H13BN4O2. The highest BCUT2D eigenvalue weighted by Gasteiger charge is 2.13. The van der Waals surface area contributed by atoms with Crippen LogP contribution in [0.1, 0.15) is 0 Å². The van der Waals surface area contributed by atoms with Gasteiger partial charge in [-0.2, -0.15) is 0 Å². The second-order valence-electron chi connectivity index (χ2n) is 6.15. The first-order valence-electron chi connectivity index (χ1n) is 8.20. The van der Waals surface area contributed by atoms with Gasteiger partial charge in [-0.05, 0) is 29.7 Å². The molecule has 5 aromatic rings. The lowest BCUT2D eigenvalue weighted by Crippen LogP contribution is -2.29. The number of aromatic amines is 1. The van der Waals surface area contributed by atoms with Gasteiger partial charge in [0.25, 0.3) is 0 Å². The van der Waals surface area contributed by atoms with Crippen LogP contribution in [0.2, 0.25) is 0 Å². The molecule has 0 amide bonds. The molecule has 6 nitrogen and oxygen atoms in total. The largest absolute Gasteiger partial charge is 0.488 e. The summed E-state index contributed by atoms with van der Waals surface area (Å²) in [5, 5.41) is 18.4. The number of nitrogens with one attached hydrogen (secondary N) is 1. The van der Waals surface area contributed by atoms with E-state index in [1.807, 2.05) is 36.4 Å². The molecule has 0 saturated heterocycles. The molecule has 0 radical (unpaired) electrons. The fraction of sp³-hybridized carbons (Fsp3) is 0. The molecule has 3 N–H and O–H groups in total. The highest BCUT2D eigenvalue weighted by atomic mass is 16.4. The maximum absolute atomic E-state index is 9.20. The maximum Gasteiger partial charge on any atom is 0.488 e. The van der Waals surface area contributed by atoms with Crippen LogP contribution in [0.4, 0.5) is 0 Å². The zero-order valence-corrected chi connectivity index (χ0v) is 13.6. The number of fused-ring (bicyclic) bond motifs is 3. The van der Waals surface area contributed by atoms with Gasteiger partial charge in [0.1, 0.15) is 0 Å². The number of imidazole rings is 1. The van der Waals surface area contributed by atoms with Crippen molar-refractivity contribution in [2.24, 2.45) is 0 Å². The summed E-state index contributed by atoms with van der Waals surface area (Å²) in [4.78, 5) is 17.3. The minimum atomic E-state index is -1.48. The van der Waals surface area contributed by atoms with Crippen LogP contribution in [-0.4, -0.2) is 37.1 Å². The van der Waals surface area contributed by atoms with E-state index in [1.165, 1.54) is 0 Å². The third-order valence-corrected chi connectivity index (χ3v) is 4.43. The normalized spacial score (nSPS) is 11.5. The molecule has 3 aromatic carbocycles. The smallest absolute Gasteiger partial charge is 0.423 e. The lowest BCUT2D eigenvalue weighted by molar-refractivity contribution is 0.426. The summed E-state index contributed by atoms with van der Waals surface area (Å²) in [6.07, 6.45) is 0. The molecule has 124 valence electrons. The van der Waals surface area contributed by atoms with Crippen LogP contribution in [0.15, 0.2) is 60.7 Å². The van der Waals surface area contributed by atoms with Crippen molar-refractivity contribution >= 4 is 45.7 Å². The summed E-state index contributed by atoms with van der Waals surface area (Å²) in [6, 6.07) is 18.6. The predicted octanol–water partition coefficient (Wildman–Crippen LogP) is 2.01. The Kier molecular flexibility index (Phi) is 3.24. The monoisotopic (exact) mass is 340 g/mol. The van der Waals surface area contributed by atoms with E-state index >= 15 is 0 Å². The first-order chi connectivity index (χ1) is 12.7. The number of hydrogen-bond donors (Lipinski definition) is 3. The van der Waals surface area contributed by atoms with E-state index in [9.17, 15) is 10.0 Å². The third kappa shape index (κ3) is 2.42. The number of nitrogens with zero attached hydrogens (tertiary/aromatic N) is 3. The second kappa shape index (κ2) is 5.62. The average Bonchev–Trinajstić information content (AvgIpc) is 3.07. The number of aromatic nitrogens is 4. The van der Waals surface area contributed by atoms with Gasteiger partial charge in [0.2, 0.25) is 0 Å². The number of para-hydroxylation sites is 2. The lowest BCUT2D eigenvalue weighted by atomic mass is 9.80. The maximum atomic E-state index is 9.20. The van der Waals surface area contributed by atoms with Crippen molar-refractivity contribution in [2.45, 2.75) is 0 Å². The Bertz CT molecular complexity index is 1190. The summed E-state index contributed by atoms with van der Waals surface area (Å²) in [7, 11) is -1.48. The minimum absolute atomic E-state index is 0.432. The van der Waals surface area contributed by atoms with Gasteiger partial charge in [-0.15, -0.1) is 0 Å². The molecule has 5 rings (SSSR count). The van der Waals surface area contributed by atoms with Crippen LogP contribution < -0.4 is 5.46 Å². The molecule has 0 aliphatic carbocycles. The van der Waals surface area contributed by atoms with Crippen molar-refractivity contribution in [3.63, 3.8) is 0 Å². The fourth-order valence-electron chi connectivity index (χ4n) is 3.08. The zero-order valence-electron chi connectivity index (χ0n) is 13.6. The predicted molar refractivity (Wildman–Crippen MR) is 102 cm³/mol. The van der Waals surface area contributed by atoms with E-state index in [4.69, 9.17) is 0 Å². The minimum Gasteiger partial charge on any atom is -0.423 e. The number of hydrogen-bond acceptors (Lipinski definition) is 5. The van der Waals surface area contributed by atoms with Crippen LogP contribution in [0.5, 0.6) is 0 Å². The van der Waals surface area contributed by atoms with Crippen molar-refractivity contribution < 1.29 is 10.0 Å². The Labute approximate surface area is 148 Å². The Morgan fingerprint density at radius 3 is 2.19 bits per heavy atom. The van der Waals surface area contributed by atoms with Crippen LogP contribution >= 0.6 is 0 Å². The van der Waals surface area contributed by atoms with E-state index < -0.39 is 7.12 Å². The molecule has 0 fully saturated rings. The fourth-order valence-corrected chi connectivity index (χ4v) is 3.08. The molecule has 0 spiro atoms. The van der Waals surface area contributed by atoms with Gasteiger partial charge in [-0.25, -0.2) is 15.0 Å². The molecule has 26 heavy (non-hydrogen) atoms. The van der Waals surface area contributed by atoms with Crippen LogP contribution in [0.25, 0.3) is 44.5 Å². The quantitative estimate of drug-likeness (QED) is 0.338. The van der Waals surface area contributed by atoms with E-state index in [0.29, 0.717) is 11.3 Å². The summed E-state index contributed by atoms with van der Waals surface area (Å²) in [6.45, 7) is 0. The SMILES string of the molecule is OB(O)c1ccc(-c2nc3cc4nc5ccccc5[nH]c4cc3n2)cc1. The standard InChI is InChI=1S/C19H13BN4O2/c25-20(26)12-7-5-11(6-8-12)19-23-17-9-15-16(10-18(17)24-19)22-14-4-2-1-3-13(14)21-15/h1-10,21,25-26H. The van der Waals surface area contributed by atoms with E-state index in [0.717, 1.165) is 38.7 Å². The highest BCUT2D eigenvalue weighted by Crippen LogP contribution is 2.24. The third-order valence-electron chi connectivity index (χ3n) is 4.43. The van der Waals surface area contributed by atoms with Crippen LogP contribution in [0, 0.1) is 0 Å². The first kappa shape index (κ1) is 15.0. The topological polar surface area (TPSA) is 94.9 Å². The Morgan fingerprint density at radius 1 is 0.692 bits per heavy atom. The van der Waals surface area contributed by atoms with Crippen molar-refractivity contribution in [2.75, 3.05) is 0 Å². The number of H-pyrrole nitrogens is 1. The van der Waals surface area contributed by atoms with Crippen molar-refractivity contribution in [3.05, 3.63) is 60.7 Å². The molecular weight excluding hydrogens is 327 g/mol. The average molecular weight is 340 g/mol. The molecule has 0 unspecified atom stereocenters. The zero-order chi connectivity index (χ0) is 17.7. The Hall–Kier alpha value is -3.29. The van der Waals surface area contributed by atoms with Crippen LogP contribution in [-0.2, 0) is 0 Å². The van der Waals surface area contributed by atoms with Crippen LogP contribution in [0.3, 0.4) is 0 Å². The summed E-state index contributed by atoms with van der Waals surface area (Å²) in [5.41, 5.74) is 6.41. The van der Waals surface area contributed by atoms with Crippen molar-refractivity contribution in [1.82, 2.24) is 19.9 Å². The van der Waals surface area contributed by atoms with Gasteiger partial charge in [-0.3, -0.25) is 0 Å². The van der Waals surface area contributed by atoms with Crippen molar-refractivity contribution in [3.8, 4) is 11.4 Å². The molecule has 2 heterocycles. The lowest BCUT2D eigenvalue weighted by Gasteiger charge is -2.01. The van der Waals surface area contributed by atoms with Gasteiger partial charge in [0.15, 0.2) is 5.82 Å². The molecule has 0 atom stereocenters. The van der Waals surface area contributed by atoms with Gasteiger partial charge < -0.3 is 15.0 Å². The second-order valence-corrected chi connectivity index (χ2v) is 6.15. The molecule has 7 heteroatoms. The highest BCUT2D eigenvalue weighted by molar-refractivity contribution is 6.58. The first-order valence-corrected chi connectivity index (χ1v) is 8.20. The summed E-state index contributed by atoms with van der Waals surface area (Å²) >= 11 is 0. The molecule has 0 bridgehead atoms. The van der Waals surface area contributed by atoms with E-state index in [1.54, 1.807) is 24.3 Å². The molecule has 2 aromatic heterocycles. The Balaban J connectivity index is 1.66. The van der Waals surface area contributed by atoms with E-state index in [2.05, 4.69) is 19.9 Å². The summed E-state index contributed by atoms with van der Waals surface area (Å²) in [5.74, 6) is 0.596. The van der Waals surface area contributed by atoms with Gasteiger partial charge in [0, 0.05) is 5.56 Å². The van der Waals surface area contributed by atoms with Crippen molar-refractivity contribution in [1.29, 1.82) is 0 Å². The summed E-state index contributed by atoms with van der Waals surface area (Å²) < 4.78 is 0.